The van der Waals surface area contributed by atoms with Gasteiger partial charge in [-0.15, -0.1) is 0 Å². The number of likely N-dealkylation sites (N-methyl/N-ethyl adjacent to an activating group) is 1. The molecule has 126 valence electrons. The van der Waals surface area contributed by atoms with E-state index in [0.29, 0.717) is 24.1 Å². The largest absolute Gasteiger partial charge is 0.496 e. The number of carbonyl (C=O) groups is 1. The average molecular weight is 320 g/mol. The number of benzene rings is 1. The van der Waals surface area contributed by atoms with Gasteiger partial charge in [-0.25, -0.2) is 0 Å². The first-order valence-electron chi connectivity index (χ1n) is 7.93. The SMILES string of the molecule is COc1cccc(OC)c1CC(=O)N1C[C@H]2OCCN(C)[C@H]2C1. The van der Waals surface area contributed by atoms with Gasteiger partial charge in [0.1, 0.15) is 11.5 Å². The summed E-state index contributed by atoms with van der Waals surface area (Å²) in [5.74, 6) is 1.45. The van der Waals surface area contributed by atoms with Gasteiger partial charge in [0.15, 0.2) is 0 Å². The van der Waals surface area contributed by atoms with Crippen LogP contribution in [0.15, 0.2) is 18.2 Å². The van der Waals surface area contributed by atoms with Gasteiger partial charge < -0.3 is 19.1 Å². The monoisotopic (exact) mass is 320 g/mol. The van der Waals surface area contributed by atoms with Crippen molar-refractivity contribution in [1.29, 1.82) is 0 Å². The van der Waals surface area contributed by atoms with E-state index in [9.17, 15) is 4.79 Å². The Morgan fingerprint density at radius 1 is 1.26 bits per heavy atom. The standard InChI is InChI=1S/C17H24N2O4/c1-18-7-8-23-16-11-19(10-13(16)18)17(20)9-12-14(21-2)5-4-6-15(12)22-3/h4-6,13,16H,7-11H2,1-3H3/t13-,16+/m0/s1. The highest BCUT2D eigenvalue weighted by atomic mass is 16.5. The Bertz CT molecular complexity index is 555. The van der Waals surface area contributed by atoms with Gasteiger partial charge in [-0.2, -0.15) is 0 Å². The first kappa shape index (κ1) is 16.1. The molecule has 2 heterocycles. The second-order valence-corrected chi connectivity index (χ2v) is 6.07. The number of methoxy groups -OCH3 is 2. The highest BCUT2D eigenvalue weighted by molar-refractivity contribution is 5.81. The third-order valence-electron chi connectivity index (χ3n) is 4.79. The fourth-order valence-corrected chi connectivity index (χ4v) is 3.43. The fourth-order valence-electron chi connectivity index (χ4n) is 3.43. The number of morpholine rings is 1. The molecular weight excluding hydrogens is 296 g/mol. The zero-order valence-electron chi connectivity index (χ0n) is 13.9. The van der Waals surface area contributed by atoms with Crippen molar-refractivity contribution in [2.45, 2.75) is 18.6 Å². The van der Waals surface area contributed by atoms with E-state index in [1.165, 1.54) is 0 Å². The van der Waals surface area contributed by atoms with Crippen LogP contribution in [0, 0.1) is 0 Å². The number of likely N-dealkylation sites (tertiary alicyclic amines) is 1. The van der Waals surface area contributed by atoms with Gasteiger partial charge in [-0.1, -0.05) is 6.07 Å². The number of hydrogen-bond donors (Lipinski definition) is 0. The molecule has 1 aromatic carbocycles. The van der Waals surface area contributed by atoms with Crippen LogP contribution in [0.5, 0.6) is 11.5 Å². The Hall–Kier alpha value is -1.79. The van der Waals surface area contributed by atoms with Crippen molar-refractivity contribution in [3.05, 3.63) is 23.8 Å². The highest BCUT2D eigenvalue weighted by Crippen LogP contribution is 2.30. The zero-order valence-corrected chi connectivity index (χ0v) is 13.9. The molecule has 0 bridgehead atoms. The lowest BCUT2D eigenvalue weighted by Gasteiger charge is -2.33. The Morgan fingerprint density at radius 2 is 1.96 bits per heavy atom. The molecule has 0 spiro atoms. The van der Waals surface area contributed by atoms with Gasteiger partial charge in [-0.3, -0.25) is 9.69 Å². The number of fused-ring (bicyclic) bond motifs is 1. The van der Waals surface area contributed by atoms with Gasteiger partial charge in [0.25, 0.3) is 0 Å². The first-order valence-corrected chi connectivity index (χ1v) is 7.93. The van der Waals surface area contributed by atoms with Crippen LogP contribution in [-0.2, 0) is 16.0 Å². The second kappa shape index (κ2) is 6.76. The van der Waals surface area contributed by atoms with Crippen LogP contribution in [0.4, 0.5) is 0 Å². The third-order valence-corrected chi connectivity index (χ3v) is 4.79. The predicted octanol–water partition coefficient (Wildman–Crippen LogP) is 0.788. The quantitative estimate of drug-likeness (QED) is 0.821. The van der Waals surface area contributed by atoms with E-state index >= 15 is 0 Å². The molecule has 0 aliphatic carbocycles. The predicted molar refractivity (Wildman–Crippen MR) is 86.0 cm³/mol. The second-order valence-electron chi connectivity index (χ2n) is 6.07. The Kier molecular flexibility index (Phi) is 4.73. The molecule has 0 aromatic heterocycles. The lowest BCUT2D eigenvalue weighted by molar-refractivity contribution is -0.130. The van der Waals surface area contributed by atoms with Crippen LogP contribution in [0.25, 0.3) is 0 Å². The van der Waals surface area contributed by atoms with E-state index in [1.807, 2.05) is 23.1 Å². The molecular formula is C17H24N2O4. The molecule has 2 aliphatic heterocycles. The maximum Gasteiger partial charge on any atom is 0.227 e. The molecule has 0 unspecified atom stereocenters. The van der Waals surface area contributed by atoms with E-state index in [1.54, 1.807) is 14.2 Å². The van der Waals surface area contributed by atoms with Crippen molar-refractivity contribution in [3.8, 4) is 11.5 Å². The molecule has 0 N–H and O–H groups in total. The number of rotatable bonds is 4. The van der Waals surface area contributed by atoms with Crippen molar-refractivity contribution in [1.82, 2.24) is 9.80 Å². The summed E-state index contributed by atoms with van der Waals surface area (Å²) in [4.78, 5) is 16.9. The maximum absolute atomic E-state index is 12.7. The Labute approximate surface area is 136 Å². The van der Waals surface area contributed by atoms with Crippen LogP contribution in [0.1, 0.15) is 5.56 Å². The van der Waals surface area contributed by atoms with Gasteiger partial charge >= 0.3 is 0 Å². The minimum absolute atomic E-state index is 0.0826. The molecule has 2 saturated heterocycles. The van der Waals surface area contributed by atoms with Crippen LogP contribution < -0.4 is 9.47 Å². The summed E-state index contributed by atoms with van der Waals surface area (Å²) in [7, 11) is 5.31. The third kappa shape index (κ3) is 3.14. The summed E-state index contributed by atoms with van der Waals surface area (Å²) < 4.78 is 16.6. The van der Waals surface area contributed by atoms with Crippen LogP contribution in [0.3, 0.4) is 0 Å². The van der Waals surface area contributed by atoms with Gasteiger partial charge in [0.2, 0.25) is 5.91 Å². The lowest BCUT2D eigenvalue weighted by Crippen LogP contribution is -2.48. The van der Waals surface area contributed by atoms with E-state index in [-0.39, 0.29) is 18.4 Å². The van der Waals surface area contributed by atoms with Gasteiger partial charge in [-0.05, 0) is 19.2 Å². The molecule has 3 rings (SSSR count). The lowest BCUT2D eigenvalue weighted by atomic mass is 10.1. The van der Waals surface area contributed by atoms with E-state index < -0.39 is 0 Å². The molecule has 6 heteroatoms. The van der Waals surface area contributed by atoms with Crippen molar-refractivity contribution in [3.63, 3.8) is 0 Å². The first-order chi connectivity index (χ1) is 11.1. The summed E-state index contributed by atoms with van der Waals surface area (Å²) in [5, 5.41) is 0. The van der Waals surface area contributed by atoms with Crippen LogP contribution in [0.2, 0.25) is 0 Å². The Morgan fingerprint density at radius 3 is 2.57 bits per heavy atom. The van der Waals surface area contributed by atoms with Crippen molar-refractivity contribution in [2.24, 2.45) is 0 Å². The molecule has 0 saturated carbocycles. The topological polar surface area (TPSA) is 51.2 Å². The smallest absolute Gasteiger partial charge is 0.227 e. The summed E-state index contributed by atoms with van der Waals surface area (Å²) in [6, 6.07) is 5.86. The van der Waals surface area contributed by atoms with Crippen LogP contribution >= 0.6 is 0 Å². The fraction of sp³-hybridized carbons (Fsp3) is 0.588. The van der Waals surface area contributed by atoms with Crippen molar-refractivity contribution in [2.75, 3.05) is 47.5 Å². The summed E-state index contributed by atoms with van der Waals surface area (Å²) in [6.45, 7) is 3.03. The van der Waals surface area contributed by atoms with Gasteiger partial charge in [0.05, 0.1) is 39.4 Å². The molecule has 6 nitrogen and oxygen atoms in total. The summed E-state index contributed by atoms with van der Waals surface area (Å²) in [5.41, 5.74) is 0.798. The summed E-state index contributed by atoms with van der Waals surface area (Å²) in [6.07, 6.45) is 0.397. The van der Waals surface area contributed by atoms with E-state index in [2.05, 4.69) is 11.9 Å². The van der Waals surface area contributed by atoms with Crippen molar-refractivity contribution >= 4 is 5.91 Å². The molecule has 2 atom stereocenters. The highest BCUT2D eigenvalue weighted by Gasteiger charge is 2.40. The number of hydrogen-bond acceptors (Lipinski definition) is 5. The van der Waals surface area contributed by atoms with E-state index in [4.69, 9.17) is 14.2 Å². The minimum Gasteiger partial charge on any atom is -0.496 e. The Balaban J connectivity index is 1.73. The molecule has 1 aromatic rings. The molecule has 23 heavy (non-hydrogen) atoms. The molecule has 2 aliphatic rings. The number of amides is 1. The molecule has 0 radical (unpaired) electrons. The van der Waals surface area contributed by atoms with Crippen molar-refractivity contribution < 1.29 is 19.0 Å². The number of carbonyl (C=O) groups excluding carboxylic acids is 1. The summed E-state index contributed by atoms with van der Waals surface area (Å²) >= 11 is 0. The number of nitrogens with zero attached hydrogens (tertiary/aromatic N) is 2. The zero-order chi connectivity index (χ0) is 16.4. The van der Waals surface area contributed by atoms with E-state index in [0.717, 1.165) is 25.3 Å². The number of ether oxygens (including phenoxy) is 3. The minimum atomic E-state index is 0.0826. The molecule has 2 fully saturated rings. The molecule has 1 amide bonds. The van der Waals surface area contributed by atoms with Crippen LogP contribution in [-0.4, -0.2) is 75.4 Å². The maximum atomic E-state index is 12.7. The normalized spacial score (nSPS) is 24.4. The van der Waals surface area contributed by atoms with Gasteiger partial charge in [0, 0.05) is 25.2 Å². The average Bonchev–Trinajstić information content (AvgIpc) is 3.01.